The van der Waals surface area contributed by atoms with Crippen LogP contribution in [-0.2, 0) is 0 Å². The maximum Gasteiger partial charge on any atom is 0.135 e. The lowest BCUT2D eigenvalue weighted by molar-refractivity contribution is 0.311. The topological polar surface area (TPSA) is 29.5 Å². The van der Waals surface area contributed by atoms with Gasteiger partial charge in [0.1, 0.15) is 5.75 Å². The fourth-order valence-electron chi connectivity index (χ4n) is 1.45. The third-order valence-corrected chi connectivity index (χ3v) is 2.33. The molecule has 1 aromatic carbocycles. The van der Waals surface area contributed by atoms with Crippen molar-refractivity contribution < 1.29 is 9.84 Å². The number of benzene rings is 1. The van der Waals surface area contributed by atoms with Crippen molar-refractivity contribution in [1.29, 1.82) is 0 Å². The summed E-state index contributed by atoms with van der Waals surface area (Å²) >= 11 is 0. The van der Waals surface area contributed by atoms with Gasteiger partial charge in [-0.15, -0.1) is 6.42 Å². The number of rotatable bonds is 5. The molecule has 0 aliphatic rings. The van der Waals surface area contributed by atoms with Gasteiger partial charge >= 0.3 is 0 Å². The second kappa shape index (κ2) is 6.19. The van der Waals surface area contributed by atoms with Crippen LogP contribution in [0.3, 0.4) is 0 Å². The van der Waals surface area contributed by atoms with Crippen LogP contribution in [0.25, 0.3) is 0 Å². The molecule has 0 unspecified atom stereocenters. The highest BCUT2D eigenvalue weighted by molar-refractivity contribution is 5.55. The van der Waals surface area contributed by atoms with Crippen molar-refractivity contribution in [3.05, 3.63) is 35.2 Å². The molecule has 0 aliphatic carbocycles. The Morgan fingerprint density at radius 2 is 2.25 bits per heavy atom. The molecule has 1 aromatic rings. The maximum absolute atomic E-state index is 9.13. The van der Waals surface area contributed by atoms with E-state index in [9.17, 15) is 0 Å². The monoisotopic (exact) mass is 217 g/mol. The first-order chi connectivity index (χ1) is 7.74. The lowest BCUT2D eigenvalue weighted by atomic mass is 9.96. The van der Waals surface area contributed by atoms with E-state index in [1.54, 1.807) is 0 Å². The zero-order chi connectivity index (χ0) is 12.0. The van der Waals surface area contributed by atoms with Gasteiger partial charge in [0.25, 0.3) is 0 Å². The minimum absolute atomic E-state index is 0.00586. The molecule has 0 spiro atoms. The predicted molar refractivity (Wildman–Crippen MR) is 65.3 cm³/mol. The Balaban J connectivity index is 3.06. The minimum Gasteiger partial charge on any atom is -0.492 e. The van der Waals surface area contributed by atoms with Crippen LogP contribution in [0, 0.1) is 18.3 Å². The highest BCUT2D eigenvalue weighted by Crippen LogP contribution is 2.26. The number of aliphatic hydroxyl groups is 1. The number of aliphatic hydroxyl groups excluding tert-OH is 1. The lowest BCUT2D eigenvalue weighted by Gasteiger charge is -2.14. The quantitative estimate of drug-likeness (QED) is 0.767. The zero-order valence-corrected chi connectivity index (χ0v) is 9.79. The Kier molecular flexibility index (Phi) is 4.88. The summed E-state index contributed by atoms with van der Waals surface area (Å²) in [6, 6.07) is 5.65. The smallest absolute Gasteiger partial charge is 0.135 e. The van der Waals surface area contributed by atoms with E-state index >= 15 is 0 Å². The molecule has 0 amide bonds. The summed E-state index contributed by atoms with van der Waals surface area (Å²) in [4.78, 5) is 0. The van der Waals surface area contributed by atoms with Gasteiger partial charge in [-0.2, -0.15) is 0 Å². The van der Waals surface area contributed by atoms with Crippen LogP contribution in [0.15, 0.2) is 18.2 Å². The summed E-state index contributed by atoms with van der Waals surface area (Å²) in [6.07, 6.45) is 6.43. The van der Waals surface area contributed by atoms with Gasteiger partial charge in [0.2, 0.25) is 0 Å². The van der Waals surface area contributed by atoms with Crippen LogP contribution in [0.4, 0.5) is 0 Å². The van der Waals surface area contributed by atoms with Crippen LogP contribution >= 0.6 is 0 Å². The van der Waals surface area contributed by atoms with E-state index in [-0.39, 0.29) is 6.61 Å². The average molecular weight is 217 g/mol. The van der Waals surface area contributed by atoms with Gasteiger partial charge in [0, 0.05) is 5.92 Å². The zero-order valence-electron chi connectivity index (χ0n) is 9.79. The second-order valence-corrected chi connectivity index (χ2v) is 3.61. The van der Waals surface area contributed by atoms with Gasteiger partial charge in [-0.1, -0.05) is 31.9 Å². The van der Waals surface area contributed by atoms with Gasteiger partial charge in [-0.05, 0) is 18.1 Å². The van der Waals surface area contributed by atoms with Crippen molar-refractivity contribution in [2.45, 2.75) is 20.3 Å². The van der Waals surface area contributed by atoms with E-state index < -0.39 is 0 Å². The van der Waals surface area contributed by atoms with Crippen molar-refractivity contribution in [3.8, 4) is 18.1 Å². The molecule has 1 N–H and O–H groups in total. The van der Waals surface area contributed by atoms with Crippen LogP contribution in [0.1, 0.15) is 31.4 Å². The first kappa shape index (κ1) is 12.6. The number of terminal acetylenes is 1. The van der Waals surface area contributed by atoms with E-state index in [2.05, 4.69) is 5.92 Å². The summed E-state index contributed by atoms with van der Waals surface area (Å²) in [5, 5.41) is 9.13. The molecule has 0 fully saturated rings. The molecule has 2 heteroatoms. The molecular formula is C14H17O2. The summed E-state index contributed by atoms with van der Waals surface area (Å²) in [5.74, 6) is 4.21. The van der Waals surface area contributed by atoms with Crippen LogP contribution in [0.2, 0.25) is 0 Å². The Bertz CT molecular complexity index is 377. The highest BCUT2D eigenvalue weighted by atomic mass is 16.5. The van der Waals surface area contributed by atoms with E-state index in [0.717, 1.165) is 29.2 Å². The lowest BCUT2D eigenvalue weighted by Crippen LogP contribution is -2.05. The molecule has 16 heavy (non-hydrogen) atoms. The van der Waals surface area contributed by atoms with Crippen molar-refractivity contribution >= 4 is 0 Å². The van der Waals surface area contributed by atoms with Crippen molar-refractivity contribution in [2.75, 3.05) is 13.2 Å². The molecular weight excluding hydrogens is 200 g/mol. The van der Waals surface area contributed by atoms with Gasteiger partial charge in [0.15, 0.2) is 0 Å². The van der Waals surface area contributed by atoms with Gasteiger partial charge in [-0.25, -0.2) is 0 Å². The molecule has 0 heterocycles. The molecule has 0 atom stereocenters. The first-order valence-corrected chi connectivity index (χ1v) is 5.40. The van der Waals surface area contributed by atoms with Gasteiger partial charge in [-0.3, -0.25) is 0 Å². The SMILES string of the molecule is C#Cc1c(OCCC)cccc1[C](C)CO. The van der Waals surface area contributed by atoms with Crippen LogP contribution in [0.5, 0.6) is 5.75 Å². The average Bonchev–Trinajstić information content (AvgIpc) is 2.34. The Hall–Kier alpha value is -1.46. The highest BCUT2D eigenvalue weighted by Gasteiger charge is 2.13. The number of ether oxygens (including phenoxy) is 1. The van der Waals surface area contributed by atoms with Crippen molar-refractivity contribution in [2.24, 2.45) is 0 Å². The predicted octanol–water partition coefficient (Wildman–Crippen LogP) is 2.39. The van der Waals surface area contributed by atoms with E-state index in [4.69, 9.17) is 16.3 Å². The molecule has 0 saturated carbocycles. The summed E-state index contributed by atoms with van der Waals surface area (Å²) in [6.45, 7) is 4.56. The Morgan fingerprint density at radius 1 is 1.50 bits per heavy atom. The van der Waals surface area contributed by atoms with Crippen molar-refractivity contribution in [1.82, 2.24) is 0 Å². The maximum atomic E-state index is 9.13. The largest absolute Gasteiger partial charge is 0.492 e. The molecule has 1 rings (SSSR count). The molecule has 0 aliphatic heterocycles. The normalized spacial score (nSPS) is 10.2. The molecule has 2 nitrogen and oxygen atoms in total. The number of hydrogen-bond donors (Lipinski definition) is 1. The van der Waals surface area contributed by atoms with E-state index in [1.807, 2.05) is 32.0 Å². The molecule has 1 radical (unpaired) electrons. The fraction of sp³-hybridized carbons (Fsp3) is 0.357. The number of hydrogen-bond acceptors (Lipinski definition) is 2. The summed E-state index contributed by atoms with van der Waals surface area (Å²) < 4.78 is 5.58. The molecule has 0 bridgehead atoms. The van der Waals surface area contributed by atoms with Gasteiger partial charge < -0.3 is 9.84 Å². The standard InChI is InChI=1S/C14H17O2/c1-4-9-16-14-8-6-7-13(11(3)10-15)12(14)5-2/h2,6-8,15H,4,9-10H2,1,3H3. The van der Waals surface area contributed by atoms with E-state index in [1.165, 1.54) is 0 Å². The van der Waals surface area contributed by atoms with Crippen molar-refractivity contribution in [3.63, 3.8) is 0 Å². The third-order valence-electron chi connectivity index (χ3n) is 2.33. The molecule has 0 saturated heterocycles. The minimum atomic E-state index is 0.00586. The molecule has 85 valence electrons. The third kappa shape index (κ3) is 2.77. The first-order valence-electron chi connectivity index (χ1n) is 5.40. The summed E-state index contributed by atoms with van der Waals surface area (Å²) in [5.41, 5.74) is 1.61. The van der Waals surface area contributed by atoms with Crippen LogP contribution < -0.4 is 4.74 Å². The second-order valence-electron chi connectivity index (χ2n) is 3.61. The van der Waals surface area contributed by atoms with E-state index in [0.29, 0.717) is 6.61 Å². The Morgan fingerprint density at radius 3 is 2.81 bits per heavy atom. The molecule has 0 aromatic heterocycles. The van der Waals surface area contributed by atoms with Gasteiger partial charge in [0.05, 0.1) is 18.8 Å². The Labute approximate surface area is 97.3 Å². The summed E-state index contributed by atoms with van der Waals surface area (Å²) in [7, 11) is 0. The fourth-order valence-corrected chi connectivity index (χ4v) is 1.45. The van der Waals surface area contributed by atoms with Crippen LogP contribution in [-0.4, -0.2) is 18.3 Å².